The molecule has 0 radical (unpaired) electrons. The number of hydrogen-bond donors (Lipinski definition) is 1. The van der Waals surface area contributed by atoms with Gasteiger partial charge in [-0.15, -0.1) is 0 Å². The van der Waals surface area contributed by atoms with Gasteiger partial charge < -0.3 is 10.1 Å². The number of ether oxygens (including phenoxy) is 1. The number of hydrogen-bond acceptors (Lipinski definition) is 4. The minimum atomic E-state index is -0.220. The van der Waals surface area contributed by atoms with Crippen molar-refractivity contribution in [1.29, 1.82) is 5.26 Å². The molecule has 1 N–H and O–H groups in total. The summed E-state index contributed by atoms with van der Waals surface area (Å²) in [7, 11) is 0. The lowest BCUT2D eigenvalue weighted by Gasteiger charge is -2.50. The Hall–Kier alpha value is -0.630. The third-order valence-corrected chi connectivity index (χ3v) is 3.46. The van der Waals surface area contributed by atoms with Gasteiger partial charge in [0.05, 0.1) is 12.2 Å². The zero-order valence-electron chi connectivity index (χ0n) is 9.33. The Labute approximate surface area is 91.2 Å². The van der Waals surface area contributed by atoms with E-state index in [1.54, 1.807) is 0 Å². The van der Waals surface area contributed by atoms with E-state index in [1.165, 1.54) is 0 Å². The average Bonchev–Trinajstić information content (AvgIpc) is 2.24. The Morgan fingerprint density at radius 2 is 2.13 bits per heavy atom. The van der Waals surface area contributed by atoms with Crippen LogP contribution >= 0.6 is 0 Å². The minimum Gasteiger partial charge on any atom is -0.378 e. The van der Waals surface area contributed by atoms with Crippen molar-refractivity contribution in [1.82, 2.24) is 10.2 Å². The lowest BCUT2D eigenvalue weighted by molar-refractivity contribution is -0.0805. The molecular weight excluding hydrogens is 190 g/mol. The normalized spacial score (nSPS) is 36.9. The molecule has 84 valence electrons. The second-order valence-corrected chi connectivity index (χ2v) is 4.37. The number of piperazine rings is 1. The quantitative estimate of drug-likeness (QED) is 0.729. The predicted octanol–water partition coefficient (Wildman–Crippen LogP) is 0.353. The van der Waals surface area contributed by atoms with Gasteiger partial charge in [0.25, 0.3) is 0 Å². The Morgan fingerprint density at radius 1 is 1.47 bits per heavy atom. The monoisotopic (exact) mass is 209 g/mol. The van der Waals surface area contributed by atoms with Crippen molar-refractivity contribution in [2.75, 3.05) is 32.8 Å². The highest BCUT2D eigenvalue weighted by Crippen LogP contribution is 2.39. The van der Waals surface area contributed by atoms with E-state index >= 15 is 0 Å². The standard InChI is InChI=1S/C11H19N3O/c1-2-15-10-7-11(8-10,9-12)14-5-3-13-4-6-14/h10,13H,2-8H2,1H3. The lowest BCUT2D eigenvalue weighted by atomic mass is 9.73. The van der Waals surface area contributed by atoms with E-state index in [2.05, 4.69) is 16.3 Å². The Morgan fingerprint density at radius 3 is 2.67 bits per heavy atom. The van der Waals surface area contributed by atoms with Crippen LogP contribution in [0.3, 0.4) is 0 Å². The summed E-state index contributed by atoms with van der Waals surface area (Å²) in [6, 6.07) is 2.49. The molecular formula is C11H19N3O. The summed E-state index contributed by atoms with van der Waals surface area (Å²) >= 11 is 0. The molecule has 4 heteroatoms. The molecule has 2 aliphatic rings. The summed E-state index contributed by atoms with van der Waals surface area (Å²) in [6.45, 7) is 6.76. The van der Waals surface area contributed by atoms with Crippen LogP contribution in [0.15, 0.2) is 0 Å². The van der Waals surface area contributed by atoms with Gasteiger partial charge >= 0.3 is 0 Å². The summed E-state index contributed by atoms with van der Waals surface area (Å²) in [6.07, 6.45) is 2.08. The number of nitrogens with zero attached hydrogens (tertiary/aromatic N) is 2. The van der Waals surface area contributed by atoms with Crippen LogP contribution in [0.4, 0.5) is 0 Å². The van der Waals surface area contributed by atoms with E-state index in [1.807, 2.05) is 6.92 Å². The van der Waals surface area contributed by atoms with Gasteiger partial charge in [0, 0.05) is 45.6 Å². The first-order valence-electron chi connectivity index (χ1n) is 5.79. The number of nitrogens with one attached hydrogen (secondary N) is 1. The van der Waals surface area contributed by atoms with E-state index < -0.39 is 0 Å². The molecule has 0 spiro atoms. The van der Waals surface area contributed by atoms with Crippen LogP contribution in [0, 0.1) is 11.3 Å². The van der Waals surface area contributed by atoms with Crippen LogP contribution in [0.1, 0.15) is 19.8 Å². The Balaban J connectivity index is 1.91. The average molecular weight is 209 g/mol. The largest absolute Gasteiger partial charge is 0.378 e. The van der Waals surface area contributed by atoms with Crippen molar-refractivity contribution in [2.24, 2.45) is 0 Å². The molecule has 0 bridgehead atoms. The summed E-state index contributed by atoms with van der Waals surface area (Å²) in [4.78, 5) is 2.32. The van der Waals surface area contributed by atoms with Crippen molar-refractivity contribution in [3.8, 4) is 6.07 Å². The van der Waals surface area contributed by atoms with Gasteiger partial charge in [-0.3, -0.25) is 4.90 Å². The molecule has 0 unspecified atom stereocenters. The molecule has 1 heterocycles. The smallest absolute Gasteiger partial charge is 0.114 e. The van der Waals surface area contributed by atoms with Crippen molar-refractivity contribution >= 4 is 0 Å². The zero-order chi connectivity index (χ0) is 10.7. The molecule has 0 amide bonds. The number of nitriles is 1. The Kier molecular flexibility index (Phi) is 3.25. The van der Waals surface area contributed by atoms with Crippen LogP contribution in [-0.4, -0.2) is 49.3 Å². The third-order valence-electron chi connectivity index (χ3n) is 3.46. The molecule has 1 saturated carbocycles. The van der Waals surface area contributed by atoms with Crippen molar-refractivity contribution in [3.05, 3.63) is 0 Å². The van der Waals surface area contributed by atoms with Crippen molar-refractivity contribution in [3.63, 3.8) is 0 Å². The maximum Gasteiger partial charge on any atom is 0.114 e. The first-order valence-corrected chi connectivity index (χ1v) is 5.79. The van der Waals surface area contributed by atoms with Crippen LogP contribution in [0.5, 0.6) is 0 Å². The van der Waals surface area contributed by atoms with Gasteiger partial charge in [0.1, 0.15) is 5.54 Å². The van der Waals surface area contributed by atoms with Gasteiger partial charge in [0.2, 0.25) is 0 Å². The molecule has 0 atom stereocenters. The molecule has 0 aromatic rings. The van der Waals surface area contributed by atoms with E-state index in [-0.39, 0.29) is 5.54 Å². The molecule has 2 rings (SSSR count). The van der Waals surface area contributed by atoms with E-state index in [9.17, 15) is 5.26 Å². The fourth-order valence-electron chi connectivity index (χ4n) is 2.56. The molecule has 1 aliphatic carbocycles. The third kappa shape index (κ3) is 2.00. The van der Waals surface area contributed by atoms with Crippen molar-refractivity contribution in [2.45, 2.75) is 31.4 Å². The molecule has 1 aliphatic heterocycles. The summed E-state index contributed by atoms with van der Waals surface area (Å²) in [5.74, 6) is 0. The number of rotatable bonds is 3. The second-order valence-electron chi connectivity index (χ2n) is 4.37. The molecule has 15 heavy (non-hydrogen) atoms. The minimum absolute atomic E-state index is 0.220. The maximum absolute atomic E-state index is 9.31. The molecule has 4 nitrogen and oxygen atoms in total. The topological polar surface area (TPSA) is 48.3 Å². The van der Waals surface area contributed by atoms with Crippen LogP contribution in [-0.2, 0) is 4.74 Å². The van der Waals surface area contributed by atoms with Gasteiger partial charge in [-0.05, 0) is 6.92 Å². The SMILES string of the molecule is CCOC1CC(C#N)(N2CCNCC2)C1. The van der Waals surface area contributed by atoms with Gasteiger partial charge in [0.15, 0.2) is 0 Å². The summed E-state index contributed by atoms with van der Waals surface area (Å²) < 4.78 is 5.53. The zero-order valence-corrected chi connectivity index (χ0v) is 9.33. The fraction of sp³-hybridized carbons (Fsp3) is 0.909. The maximum atomic E-state index is 9.31. The molecule has 1 saturated heterocycles. The fourth-order valence-corrected chi connectivity index (χ4v) is 2.56. The molecule has 0 aromatic carbocycles. The van der Waals surface area contributed by atoms with E-state index in [0.717, 1.165) is 45.6 Å². The first kappa shape index (κ1) is 10.9. The van der Waals surface area contributed by atoms with Crippen LogP contribution < -0.4 is 5.32 Å². The molecule has 0 aromatic heterocycles. The summed E-state index contributed by atoms with van der Waals surface area (Å²) in [5.41, 5.74) is -0.220. The van der Waals surface area contributed by atoms with Gasteiger partial charge in [-0.2, -0.15) is 5.26 Å². The van der Waals surface area contributed by atoms with E-state index in [0.29, 0.717) is 6.10 Å². The summed E-state index contributed by atoms with van der Waals surface area (Å²) in [5, 5.41) is 12.6. The Bertz CT molecular complexity index is 249. The lowest BCUT2D eigenvalue weighted by Crippen LogP contribution is -2.63. The van der Waals surface area contributed by atoms with Crippen LogP contribution in [0.25, 0.3) is 0 Å². The van der Waals surface area contributed by atoms with Crippen LogP contribution in [0.2, 0.25) is 0 Å². The first-order chi connectivity index (χ1) is 7.30. The van der Waals surface area contributed by atoms with Crippen molar-refractivity contribution < 1.29 is 4.74 Å². The van der Waals surface area contributed by atoms with E-state index in [4.69, 9.17) is 4.74 Å². The highest BCUT2D eigenvalue weighted by atomic mass is 16.5. The molecule has 2 fully saturated rings. The van der Waals surface area contributed by atoms with Gasteiger partial charge in [-0.1, -0.05) is 0 Å². The van der Waals surface area contributed by atoms with Gasteiger partial charge in [-0.25, -0.2) is 0 Å². The highest BCUT2D eigenvalue weighted by molar-refractivity contribution is 5.17. The second kappa shape index (κ2) is 4.48. The predicted molar refractivity (Wildman–Crippen MR) is 57.4 cm³/mol. The highest BCUT2D eigenvalue weighted by Gasteiger charge is 2.49.